The maximum Gasteiger partial charge on any atom is 0.0645 e. The van der Waals surface area contributed by atoms with E-state index in [4.69, 9.17) is 0 Å². The molecule has 160 valence electrons. The van der Waals surface area contributed by atoms with Crippen LogP contribution in [0.25, 0.3) is 0 Å². The molecule has 0 N–H and O–H groups in total. The number of rotatable bonds is 10. The molecule has 0 bridgehead atoms. The Bertz CT molecular complexity index is 1000. The number of hydrogen-bond donors (Lipinski definition) is 0. The van der Waals surface area contributed by atoms with Gasteiger partial charge in [0.05, 0.1) is 5.44 Å². The highest BCUT2D eigenvalue weighted by Crippen LogP contribution is 2.32. The SMILES string of the molecule is C=C/C=C\C(=C/C)Pc1ccccc1CC(/C=C\C)=C(/C=C(C)C)Pc1ccccn1. The van der Waals surface area contributed by atoms with Crippen LogP contribution in [0.5, 0.6) is 0 Å². The van der Waals surface area contributed by atoms with E-state index in [1.54, 1.807) is 0 Å². The third kappa shape index (κ3) is 8.74. The highest BCUT2D eigenvalue weighted by atomic mass is 31.1. The summed E-state index contributed by atoms with van der Waals surface area (Å²) in [5.41, 5.74) is 5.17. The fourth-order valence-corrected chi connectivity index (χ4v) is 5.49. The molecule has 0 saturated heterocycles. The lowest BCUT2D eigenvalue weighted by molar-refractivity contribution is 1.20. The molecule has 2 aromatic rings. The second-order valence-corrected chi connectivity index (χ2v) is 9.97. The summed E-state index contributed by atoms with van der Waals surface area (Å²) in [4.78, 5) is 4.57. The van der Waals surface area contributed by atoms with E-state index in [-0.39, 0.29) is 0 Å². The van der Waals surface area contributed by atoms with Gasteiger partial charge in [0.2, 0.25) is 0 Å². The molecule has 0 amide bonds. The highest BCUT2D eigenvalue weighted by Gasteiger charge is 2.10. The number of hydrogen-bond acceptors (Lipinski definition) is 1. The van der Waals surface area contributed by atoms with Gasteiger partial charge in [0.15, 0.2) is 0 Å². The van der Waals surface area contributed by atoms with Crippen LogP contribution in [0.3, 0.4) is 0 Å². The molecule has 1 heterocycles. The van der Waals surface area contributed by atoms with Crippen molar-refractivity contribution in [3.63, 3.8) is 0 Å². The van der Waals surface area contributed by atoms with Gasteiger partial charge in [-0.2, -0.15) is 0 Å². The number of allylic oxidation sites excluding steroid dienone is 11. The van der Waals surface area contributed by atoms with Crippen LogP contribution >= 0.6 is 17.2 Å². The number of benzene rings is 1. The van der Waals surface area contributed by atoms with Gasteiger partial charge in [-0.05, 0) is 81.9 Å². The molecule has 1 aromatic heterocycles. The predicted octanol–water partition coefficient (Wildman–Crippen LogP) is 7.37. The molecule has 3 heteroatoms. The molecule has 0 aliphatic rings. The van der Waals surface area contributed by atoms with Gasteiger partial charge < -0.3 is 0 Å². The monoisotopic (exact) mass is 445 g/mol. The van der Waals surface area contributed by atoms with Crippen molar-refractivity contribution in [3.05, 3.63) is 125 Å². The van der Waals surface area contributed by atoms with E-state index in [1.165, 1.54) is 32.6 Å². The summed E-state index contributed by atoms with van der Waals surface area (Å²) in [5, 5.41) is 4.07. The van der Waals surface area contributed by atoms with Crippen LogP contribution in [0.15, 0.2) is 120 Å². The van der Waals surface area contributed by atoms with Gasteiger partial charge in [-0.15, -0.1) is 0 Å². The molecule has 0 fully saturated rings. The Balaban J connectivity index is 2.46. The third-order valence-electron chi connectivity index (χ3n) is 4.47. The first-order valence-corrected chi connectivity index (χ1v) is 12.6. The lowest BCUT2D eigenvalue weighted by Crippen LogP contribution is -2.06. The minimum Gasteiger partial charge on any atom is -0.256 e. The second kappa shape index (κ2) is 13.9. The lowest BCUT2D eigenvalue weighted by Gasteiger charge is -2.14. The summed E-state index contributed by atoms with van der Waals surface area (Å²) < 4.78 is 0. The average molecular weight is 446 g/mol. The van der Waals surface area contributed by atoms with Gasteiger partial charge in [0.1, 0.15) is 0 Å². The quantitative estimate of drug-likeness (QED) is 0.275. The van der Waals surface area contributed by atoms with Crippen LogP contribution in [0.2, 0.25) is 0 Å². The van der Waals surface area contributed by atoms with Crippen LogP contribution in [0.1, 0.15) is 33.3 Å². The van der Waals surface area contributed by atoms with Crippen molar-refractivity contribution in [2.24, 2.45) is 0 Å². The summed E-state index contributed by atoms with van der Waals surface area (Å²) in [6, 6.07) is 15.0. The minimum absolute atomic E-state index is 0.532. The van der Waals surface area contributed by atoms with Crippen LogP contribution < -0.4 is 10.7 Å². The van der Waals surface area contributed by atoms with Crippen LogP contribution in [0, 0.1) is 0 Å². The van der Waals surface area contributed by atoms with Gasteiger partial charge in [-0.25, -0.2) is 0 Å². The topological polar surface area (TPSA) is 12.9 Å². The maximum atomic E-state index is 4.57. The molecule has 0 aliphatic carbocycles. The number of nitrogens with zero attached hydrogens (tertiary/aromatic N) is 1. The molecule has 0 radical (unpaired) electrons. The Morgan fingerprint density at radius 3 is 2.42 bits per heavy atom. The van der Waals surface area contributed by atoms with Crippen LogP contribution in [-0.2, 0) is 6.42 Å². The molecule has 2 atom stereocenters. The van der Waals surface area contributed by atoms with Crippen molar-refractivity contribution in [2.75, 3.05) is 0 Å². The van der Waals surface area contributed by atoms with Gasteiger partial charge in [-0.1, -0.05) is 93.6 Å². The Kier molecular flexibility index (Phi) is 11.2. The largest absolute Gasteiger partial charge is 0.256 e. The molecule has 2 unspecified atom stereocenters. The first-order valence-electron chi connectivity index (χ1n) is 10.6. The second-order valence-electron chi connectivity index (χ2n) is 7.30. The smallest absolute Gasteiger partial charge is 0.0645 e. The third-order valence-corrected chi connectivity index (χ3v) is 7.26. The van der Waals surface area contributed by atoms with Crippen molar-refractivity contribution in [2.45, 2.75) is 34.1 Å². The van der Waals surface area contributed by atoms with Gasteiger partial charge in [0.25, 0.3) is 0 Å². The predicted molar refractivity (Wildman–Crippen MR) is 145 cm³/mol. The normalized spacial score (nSPS) is 13.6. The Labute approximate surface area is 192 Å². The van der Waals surface area contributed by atoms with E-state index in [0.29, 0.717) is 17.2 Å². The Hall–Kier alpha value is -2.33. The summed E-state index contributed by atoms with van der Waals surface area (Å²) in [7, 11) is 1.16. The number of aromatic nitrogens is 1. The molecule has 31 heavy (non-hydrogen) atoms. The molecule has 1 nitrogen and oxygen atoms in total. The fraction of sp³-hybridized carbons (Fsp3) is 0.179. The fourth-order valence-electron chi connectivity index (χ4n) is 3.06. The average Bonchev–Trinajstić information content (AvgIpc) is 2.77. The molecule has 0 spiro atoms. The molecule has 2 rings (SSSR count). The zero-order valence-corrected chi connectivity index (χ0v) is 21.0. The van der Waals surface area contributed by atoms with Gasteiger partial charge >= 0.3 is 0 Å². The van der Waals surface area contributed by atoms with Gasteiger partial charge in [0, 0.05) is 6.20 Å². The van der Waals surface area contributed by atoms with E-state index in [0.717, 1.165) is 11.9 Å². The molecule has 0 saturated carbocycles. The summed E-state index contributed by atoms with van der Waals surface area (Å²) >= 11 is 0. The standard InChI is InChI=1S/C28H33NP2/c1-6-9-16-25(8-3)30-26-17-11-10-15-24(26)21-23(14-7-2)27(20-22(4)5)31-28-18-12-13-19-29-28/h6-20,30-31H,1,21H2,2-5H3/b14-7-,16-9-,25-8+,27-23-. The molecular formula is C28H33NP2. The summed E-state index contributed by atoms with van der Waals surface area (Å²) in [5.74, 6) is 0. The number of pyridine rings is 1. The van der Waals surface area contributed by atoms with Crippen LogP contribution in [0.4, 0.5) is 0 Å². The molecular weight excluding hydrogens is 412 g/mol. The Morgan fingerprint density at radius 1 is 1.00 bits per heavy atom. The highest BCUT2D eigenvalue weighted by molar-refractivity contribution is 7.52. The van der Waals surface area contributed by atoms with Crippen molar-refractivity contribution >= 4 is 27.9 Å². The van der Waals surface area contributed by atoms with E-state index in [1.807, 2.05) is 24.4 Å². The van der Waals surface area contributed by atoms with Crippen molar-refractivity contribution in [1.82, 2.24) is 4.98 Å². The summed E-state index contributed by atoms with van der Waals surface area (Å²) in [6.07, 6.45) is 17.7. The summed E-state index contributed by atoms with van der Waals surface area (Å²) in [6.45, 7) is 12.3. The first kappa shape index (κ1) is 24.9. The van der Waals surface area contributed by atoms with E-state index in [9.17, 15) is 0 Å². The Morgan fingerprint density at radius 2 is 1.77 bits per heavy atom. The van der Waals surface area contributed by atoms with E-state index < -0.39 is 0 Å². The minimum atomic E-state index is 0.532. The van der Waals surface area contributed by atoms with Crippen molar-refractivity contribution < 1.29 is 0 Å². The zero-order chi connectivity index (χ0) is 22.5. The molecule has 1 aromatic carbocycles. The van der Waals surface area contributed by atoms with Crippen LogP contribution in [-0.4, -0.2) is 4.98 Å². The lowest BCUT2D eigenvalue weighted by atomic mass is 10.0. The van der Waals surface area contributed by atoms with Crippen molar-refractivity contribution in [1.29, 1.82) is 0 Å². The van der Waals surface area contributed by atoms with Gasteiger partial charge in [-0.3, -0.25) is 4.98 Å². The van der Waals surface area contributed by atoms with E-state index in [2.05, 4.69) is 106 Å². The molecule has 0 aliphatic heterocycles. The first-order chi connectivity index (χ1) is 15.1. The zero-order valence-electron chi connectivity index (χ0n) is 19.0. The van der Waals surface area contributed by atoms with E-state index >= 15 is 0 Å². The van der Waals surface area contributed by atoms with Crippen molar-refractivity contribution in [3.8, 4) is 0 Å². The maximum absolute atomic E-state index is 4.57.